The molecule has 1 heterocycles. The maximum atomic E-state index is 14.8. The van der Waals surface area contributed by atoms with E-state index in [2.05, 4.69) is 0 Å². The standard InChI is InChI=1S/C27H28ClN2O6P/c1-7-35-25(31)23-24(37(33,34-6)20-14-17(2)13-18(15-20)9-8-12-29)21-16-19(28)10-11-22(21)30(23)26(32)36-27(3,4)5/h8-11,13-16H,7H2,1-6H3/b9-8+. The fourth-order valence-corrected chi connectivity index (χ4v) is 6.43. The van der Waals surface area contributed by atoms with Crippen molar-refractivity contribution in [3.05, 3.63) is 64.3 Å². The van der Waals surface area contributed by atoms with Gasteiger partial charge in [0.25, 0.3) is 7.37 Å². The molecule has 3 aromatic rings. The van der Waals surface area contributed by atoms with E-state index in [9.17, 15) is 14.2 Å². The fraction of sp³-hybridized carbons (Fsp3) is 0.296. The molecule has 3 rings (SSSR count). The van der Waals surface area contributed by atoms with E-state index in [0.717, 1.165) is 10.1 Å². The molecule has 0 N–H and O–H groups in total. The molecule has 1 aromatic heterocycles. The maximum Gasteiger partial charge on any atom is 0.419 e. The first-order valence-electron chi connectivity index (χ1n) is 11.5. The molecule has 0 fully saturated rings. The summed E-state index contributed by atoms with van der Waals surface area (Å²) in [6.07, 6.45) is 2.02. The minimum Gasteiger partial charge on any atom is -0.461 e. The van der Waals surface area contributed by atoms with E-state index in [1.807, 2.05) is 12.1 Å². The van der Waals surface area contributed by atoms with Gasteiger partial charge in [0, 0.05) is 28.9 Å². The maximum absolute atomic E-state index is 14.8. The Balaban J connectivity index is 2.49. The molecule has 194 valence electrons. The second-order valence-electron chi connectivity index (χ2n) is 9.19. The molecular weight excluding hydrogens is 515 g/mol. The van der Waals surface area contributed by atoms with Gasteiger partial charge in [-0.05, 0) is 82.2 Å². The number of esters is 1. The van der Waals surface area contributed by atoms with Crippen molar-refractivity contribution in [3.8, 4) is 6.07 Å². The van der Waals surface area contributed by atoms with Gasteiger partial charge in [0.15, 0.2) is 5.69 Å². The molecule has 0 aliphatic heterocycles. The van der Waals surface area contributed by atoms with Crippen LogP contribution in [-0.4, -0.2) is 35.9 Å². The molecule has 0 radical (unpaired) electrons. The zero-order valence-corrected chi connectivity index (χ0v) is 23.1. The molecule has 37 heavy (non-hydrogen) atoms. The van der Waals surface area contributed by atoms with Crippen LogP contribution in [0, 0.1) is 18.3 Å². The molecule has 0 aliphatic carbocycles. The Hall–Kier alpha value is -3.37. The average molecular weight is 543 g/mol. The molecule has 0 aliphatic rings. The van der Waals surface area contributed by atoms with Gasteiger partial charge in [-0.25, -0.2) is 14.2 Å². The number of allylic oxidation sites excluding steroid dienone is 1. The summed E-state index contributed by atoms with van der Waals surface area (Å²) in [4.78, 5) is 26.8. The molecule has 10 heteroatoms. The van der Waals surface area contributed by atoms with Gasteiger partial charge in [-0.15, -0.1) is 0 Å². The van der Waals surface area contributed by atoms with Gasteiger partial charge >= 0.3 is 12.1 Å². The molecular formula is C27H28ClN2O6P. The largest absolute Gasteiger partial charge is 0.461 e. The van der Waals surface area contributed by atoms with Crippen molar-refractivity contribution >= 4 is 58.6 Å². The number of ether oxygens (including phenoxy) is 2. The first kappa shape index (κ1) is 28.2. The molecule has 0 bridgehead atoms. The number of halogens is 1. The summed E-state index contributed by atoms with van der Waals surface area (Å²) in [5.74, 6) is -0.870. The highest BCUT2D eigenvalue weighted by Gasteiger charge is 2.41. The van der Waals surface area contributed by atoms with E-state index in [-0.39, 0.29) is 33.8 Å². The van der Waals surface area contributed by atoms with Gasteiger partial charge in [0.05, 0.1) is 23.5 Å². The minimum absolute atomic E-state index is 0.0136. The SMILES string of the molecule is CCOC(=O)c1c(P(=O)(OC)c2cc(C)cc(/C=C/C#N)c2)c2cc(Cl)ccc2n1C(=O)OC(C)(C)C. The van der Waals surface area contributed by atoms with E-state index in [1.54, 1.807) is 65.0 Å². The summed E-state index contributed by atoms with van der Waals surface area (Å²) < 4.78 is 32.4. The van der Waals surface area contributed by atoms with Gasteiger partial charge in [0.1, 0.15) is 5.60 Å². The lowest BCUT2D eigenvalue weighted by Gasteiger charge is -2.22. The van der Waals surface area contributed by atoms with Crippen LogP contribution in [0.2, 0.25) is 5.02 Å². The lowest BCUT2D eigenvalue weighted by atomic mass is 10.1. The number of fused-ring (bicyclic) bond motifs is 1. The summed E-state index contributed by atoms with van der Waals surface area (Å²) in [5, 5.41) is 9.77. The number of carbonyl (C=O) groups excluding carboxylic acids is 2. The number of nitriles is 1. The third kappa shape index (κ3) is 5.80. The van der Waals surface area contributed by atoms with Gasteiger partial charge < -0.3 is 14.0 Å². The van der Waals surface area contributed by atoms with E-state index in [0.29, 0.717) is 10.6 Å². The van der Waals surface area contributed by atoms with Gasteiger partial charge in [-0.2, -0.15) is 5.26 Å². The van der Waals surface area contributed by atoms with Gasteiger partial charge in [-0.3, -0.25) is 4.57 Å². The summed E-state index contributed by atoms with van der Waals surface area (Å²) in [6.45, 7) is 8.53. The quantitative estimate of drug-likeness (QED) is 0.214. The second-order valence-corrected chi connectivity index (χ2v) is 12.1. The number of aryl methyl sites for hydroxylation is 1. The van der Waals surface area contributed by atoms with Crippen LogP contribution in [0.15, 0.2) is 42.5 Å². The molecule has 1 unspecified atom stereocenters. The van der Waals surface area contributed by atoms with Crippen molar-refractivity contribution in [1.29, 1.82) is 5.26 Å². The van der Waals surface area contributed by atoms with Crippen LogP contribution in [-0.2, 0) is 18.6 Å². The Morgan fingerprint density at radius 1 is 1.19 bits per heavy atom. The third-order valence-corrected chi connectivity index (χ3v) is 8.00. The number of aromatic nitrogens is 1. The highest BCUT2D eigenvalue weighted by Crippen LogP contribution is 2.48. The number of nitrogens with zero attached hydrogens (tertiary/aromatic N) is 2. The summed E-state index contributed by atoms with van der Waals surface area (Å²) in [5.41, 5.74) is 0.468. The zero-order valence-electron chi connectivity index (χ0n) is 21.5. The Morgan fingerprint density at radius 2 is 1.89 bits per heavy atom. The molecule has 8 nitrogen and oxygen atoms in total. The van der Waals surface area contributed by atoms with E-state index < -0.39 is 25.0 Å². The molecule has 0 amide bonds. The normalized spacial score (nSPS) is 13.4. The zero-order chi connectivity index (χ0) is 27.5. The molecule has 0 spiro atoms. The van der Waals surface area contributed by atoms with Crippen molar-refractivity contribution < 1.29 is 28.2 Å². The molecule has 1 atom stereocenters. The van der Waals surface area contributed by atoms with E-state index >= 15 is 0 Å². The number of hydrogen-bond acceptors (Lipinski definition) is 7. The Morgan fingerprint density at radius 3 is 2.49 bits per heavy atom. The van der Waals surface area contributed by atoms with Crippen molar-refractivity contribution in [3.63, 3.8) is 0 Å². The Labute approximate surface area is 220 Å². The monoisotopic (exact) mass is 542 g/mol. The highest BCUT2D eigenvalue weighted by atomic mass is 35.5. The van der Waals surface area contributed by atoms with Crippen LogP contribution in [0.3, 0.4) is 0 Å². The van der Waals surface area contributed by atoms with Gasteiger partial charge in [-0.1, -0.05) is 17.7 Å². The van der Waals surface area contributed by atoms with Crippen LogP contribution in [0.5, 0.6) is 0 Å². The van der Waals surface area contributed by atoms with Crippen molar-refractivity contribution in [2.45, 2.75) is 40.2 Å². The van der Waals surface area contributed by atoms with E-state index in [4.69, 9.17) is 30.9 Å². The molecule has 0 saturated heterocycles. The molecule has 2 aromatic carbocycles. The summed E-state index contributed by atoms with van der Waals surface area (Å²) >= 11 is 6.31. The lowest BCUT2D eigenvalue weighted by molar-refractivity contribution is 0.0455. The summed E-state index contributed by atoms with van der Waals surface area (Å²) in [7, 11) is -2.78. The van der Waals surface area contributed by atoms with Crippen LogP contribution in [0.1, 0.15) is 49.3 Å². The number of rotatable bonds is 6. The van der Waals surface area contributed by atoms with Crippen molar-refractivity contribution in [1.82, 2.24) is 4.57 Å². The van der Waals surface area contributed by atoms with Crippen molar-refractivity contribution in [2.24, 2.45) is 0 Å². The first-order valence-corrected chi connectivity index (χ1v) is 13.5. The smallest absolute Gasteiger partial charge is 0.419 e. The first-order chi connectivity index (χ1) is 17.4. The number of carbonyl (C=O) groups is 2. The minimum atomic E-state index is -4.05. The van der Waals surface area contributed by atoms with Crippen molar-refractivity contribution in [2.75, 3.05) is 13.7 Å². The topological polar surface area (TPSA) is 108 Å². The summed E-state index contributed by atoms with van der Waals surface area (Å²) in [6, 6.07) is 11.6. The lowest BCUT2D eigenvalue weighted by Crippen LogP contribution is -2.32. The Bertz CT molecular complexity index is 1490. The highest BCUT2D eigenvalue weighted by molar-refractivity contribution is 7.75. The number of hydrogen-bond donors (Lipinski definition) is 0. The van der Waals surface area contributed by atoms with E-state index in [1.165, 1.54) is 19.3 Å². The van der Waals surface area contributed by atoms with Crippen LogP contribution in [0.4, 0.5) is 4.79 Å². The predicted octanol–water partition coefficient (Wildman–Crippen LogP) is 5.98. The van der Waals surface area contributed by atoms with Crippen LogP contribution < -0.4 is 10.6 Å². The Kier molecular flexibility index (Phi) is 8.34. The predicted molar refractivity (Wildman–Crippen MR) is 144 cm³/mol. The average Bonchev–Trinajstić information content (AvgIpc) is 3.16. The second kappa shape index (κ2) is 10.9. The third-order valence-electron chi connectivity index (χ3n) is 5.27. The molecule has 0 saturated carbocycles. The number of benzene rings is 2. The fourth-order valence-electron chi connectivity index (χ4n) is 3.95. The van der Waals surface area contributed by atoms with Gasteiger partial charge in [0.2, 0.25) is 0 Å². The van der Waals surface area contributed by atoms with Crippen LogP contribution in [0.25, 0.3) is 17.0 Å². The van der Waals surface area contributed by atoms with Crippen LogP contribution >= 0.6 is 19.0 Å².